The van der Waals surface area contributed by atoms with E-state index in [2.05, 4.69) is 0 Å². The minimum absolute atomic E-state index is 0.109. The van der Waals surface area contributed by atoms with Crippen molar-refractivity contribution in [2.75, 3.05) is 11.9 Å². The molecule has 0 fully saturated rings. The summed E-state index contributed by atoms with van der Waals surface area (Å²) in [5, 5.41) is -0.264. The average molecular weight is 391 g/mol. The molecule has 2 aromatic carbocycles. The van der Waals surface area contributed by atoms with Crippen molar-refractivity contribution in [1.29, 1.82) is 0 Å². The Labute approximate surface area is 157 Å². The van der Waals surface area contributed by atoms with E-state index < -0.39 is 23.5 Å². The highest BCUT2D eigenvalue weighted by Gasteiger charge is 2.34. The fourth-order valence-electron chi connectivity index (χ4n) is 2.76. The molecule has 0 saturated heterocycles. The first-order valence-corrected chi connectivity index (χ1v) is 8.31. The van der Waals surface area contributed by atoms with E-state index in [1.807, 2.05) is 6.07 Å². The monoisotopic (exact) mass is 391 g/mol. The van der Waals surface area contributed by atoms with Crippen molar-refractivity contribution in [2.45, 2.75) is 19.2 Å². The molecule has 0 bridgehead atoms. The maximum absolute atomic E-state index is 13.1. The largest absolute Gasteiger partial charge is 0.481 e. The van der Waals surface area contributed by atoms with Crippen molar-refractivity contribution in [3.05, 3.63) is 70.6 Å². The Kier molecular flexibility index (Phi) is 5.13. The van der Waals surface area contributed by atoms with Gasteiger partial charge in [0.25, 0.3) is 5.91 Å². The number of nitrogens with zero attached hydrogens (tertiary/aromatic N) is 1. The Morgan fingerprint density at radius 1 is 1.11 bits per heavy atom. The zero-order valence-electron chi connectivity index (χ0n) is 15.0. The molecule has 1 heterocycles. The molecular weight excluding hydrogens is 375 g/mol. The number of halogens is 3. The summed E-state index contributed by atoms with van der Waals surface area (Å²) in [5.41, 5.74) is -1.81. The fraction of sp³-hybridized carbons (Fsp3) is 0.200. The summed E-state index contributed by atoms with van der Waals surface area (Å²) in [6.45, 7) is 1.52. The number of hydrogen-bond donors (Lipinski definition) is 0. The van der Waals surface area contributed by atoms with Crippen LogP contribution in [0.1, 0.15) is 12.5 Å². The van der Waals surface area contributed by atoms with Gasteiger partial charge in [0.1, 0.15) is 11.3 Å². The average Bonchev–Trinajstić information content (AvgIpc) is 2.65. The highest BCUT2D eigenvalue weighted by molar-refractivity contribution is 5.96. The molecule has 0 spiro atoms. The minimum atomic E-state index is -4.70. The molecule has 3 rings (SSSR count). The van der Waals surface area contributed by atoms with Crippen LogP contribution >= 0.6 is 0 Å². The van der Waals surface area contributed by atoms with E-state index in [1.54, 1.807) is 31.3 Å². The number of anilines is 1. The van der Waals surface area contributed by atoms with E-state index in [9.17, 15) is 22.8 Å². The van der Waals surface area contributed by atoms with Gasteiger partial charge in [-0.3, -0.25) is 4.79 Å². The molecule has 0 aliphatic rings. The van der Waals surface area contributed by atoms with Gasteiger partial charge in [-0.05, 0) is 31.2 Å². The number of para-hydroxylation sites is 1. The predicted octanol–water partition coefficient (Wildman–Crippen LogP) is 4.24. The van der Waals surface area contributed by atoms with Gasteiger partial charge in [-0.1, -0.05) is 18.2 Å². The first-order chi connectivity index (χ1) is 13.2. The molecule has 28 heavy (non-hydrogen) atoms. The Balaban J connectivity index is 1.86. The number of alkyl halides is 3. The highest BCUT2D eigenvalue weighted by Crippen LogP contribution is 2.35. The number of rotatable bonds is 4. The van der Waals surface area contributed by atoms with Gasteiger partial charge in [0.05, 0.1) is 5.56 Å². The lowest BCUT2D eigenvalue weighted by Gasteiger charge is -2.22. The van der Waals surface area contributed by atoms with E-state index in [0.717, 1.165) is 12.1 Å². The third-order valence-electron chi connectivity index (χ3n) is 4.16. The van der Waals surface area contributed by atoms with E-state index in [0.29, 0.717) is 11.8 Å². The number of carbonyl (C=O) groups excluding carboxylic acids is 1. The van der Waals surface area contributed by atoms with Crippen LogP contribution in [-0.4, -0.2) is 19.1 Å². The molecule has 1 unspecified atom stereocenters. The van der Waals surface area contributed by atoms with Gasteiger partial charge in [-0.15, -0.1) is 0 Å². The summed E-state index contributed by atoms with van der Waals surface area (Å²) < 4.78 is 49.7. The summed E-state index contributed by atoms with van der Waals surface area (Å²) in [6.07, 6.45) is -5.61. The van der Waals surface area contributed by atoms with Crippen LogP contribution in [0.2, 0.25) is 0 Å². The van der Waals surface area contributed by atoms with Crippen LogP contribution in [0, 0.1) is 0 Å². The van der Waals surface area contributed by atoms with Crippen LogP contribution in [-0.2, 0) is 11.0 Å². The summed E-state index contributed by atoms with van der Waals surface area (Å²) in [7, 11) is 1.59. The van der Waals surface area contributed by atoms with Gasteiger partial charge in [-0.2, -0.15) is 13.2 Å². The number of likely N-dealkylation sites (N-methyl/N-ethyl adjacent to an activating group) is 1. The molecule has 0 aliphatic carbocycles. The standard InChI is InChI=1S/C20H16F3NO4/c1-12(19(26)24(2)13-6-4-3-5-7-13)27-14-8-9-15-16(20(21,22)23)11-18(25)28-17(15)10-14/h3-12H,1-2H3. The number of hydrogen-bond acceptors (Lipinski definition) is 4. The maximum atomic E-state index is 13.1. The number of benzene rings is 2. The van der Waals surface area contributed by atoms with Gasteiger partial charge < -0.3 is 14.1 Å². The fourth-order valence-corrected chi connectivity index (χ4v) is 2.76. The molecule has 3 aromatic rings. The zero-order valence-corrected chi connectivity index (χ0v) is 15.0. The lowest BCUT2D eigenvalue weighted by atomic mass is 10.1. The first-order valence-electron chi connectivity index (χ1n) is 8.31. The van der Waals surface area contributed by atoms with Gasteiger partial charge in [0.2, 0.25) is 0 Å². The molecule has 146 valence electrons. The topological polar surface area (TPSA) is 59.8 Å². The van der Waals surface area contributed by atoms with Crippen LogP contribution in [0.3, 0.4) is 0 Å². The lowest BCUT2D eigenvalue weighted by Crippen LogP contribution is -2.38. The Morgan fingerprint density at radius 2 is 1.79 bits per heavy atom. The number of ether oxygens (including phenoxy) is 1. The molecule has 1 atom stereocenters. The summed E-state index contributed by atoms with van der Waals surface area (Å²) >= 11 is 0. The zero-order chi connectivity index (χ0) is 20.5. The minimum Gasteiger partial charge on any atom is -0.481 e. The number of fused-ring (bicyclic) bond motifs is 1. The third kappa shape index (κ3) is 4.00. The first kappa shape index (κ1) is 19.5. The highest BCUT2D eigenvalue weighted by atomic mass is 19.4. The molecule has 0 radical (unpaired) electrons. The normalized spacial score (nSPS) is 12.6. The smallest absolute Gasteiger partial charge is 0.417 e. The van der Waals surface area contributed by atoms with Crippen molar-refractivity contribution in [3.8, 4) is 5.75 Å². The molecule has 0 aliphatic heterocycles. The molecule has 1 amide bonds. The third-order valence-corrected chi connectivity index (χ3v) is 4.16. The summed E-state index contributed by atoms with van der Waals surface area (Å²) in [4.78, 5) is 25.4. The van der Waals surface area contributed by atoms with E-state index in [4.69, 9.17) is 9.15 Å². The SMILES string of the molecule is CC(Oc1ccc2c(C(F)(F)F)cc(=O)oc2c1)C(=O)N(C)c1ccccc1. The molecule has 1 aromatic heterocycles. The quantitative estimate of drug-likeness (QED) is 0.624. The second kappa shape index (κ2) is 7.38. The molecule has 0 saturated carbocycles. The Morgan fingerprint density at radius 3 is 2.43 bits per heavy atom. The molecular formula is C20H16F3NO4. The molecule has 0 N–H and O–H groups in total. The summed E-state index contributed by atoms with van der Waals surface area (Å²) in [5.74, 6) is -0.242. The Hall–Kier alpha value is -3.29. The van der Waals surface area contributed by atoms with Gasteiger partial charge in [0, 0.05) is 30.3 Å². The van der Waals surface area contributed by atoms with Crippen molar-refractivity contribution < 1.29 is 27.1 Å². The maximum Gasteiger partial charge on any atom is 0.417 e. The van der Waals surface area contributed by atoms with Crippen molar-refractivity contribution in [1.82, 2.24) is 0 Å². The van der Waals surface area contributed by atoms with E-state index in [-0.39, 0.29) is 22.6 Å². The van der Waals surface area contributed by atoms with Gasteiger partial charge in [0.15, 0.2) is 6.10 Å². The Bertz CT molecular complexity index is 1060. The van der Waals surface area contributed by atoms with Gasteiger partial charge >= 0.3 is 11.8 Å². The second-order valence-electron chi connectivity index (χ2n) is 6.13. The van der Waals surface area contributed by atoms with Crippen LogP contribution in [0.25, 0.3) is 11.0 Å². The van der Waals surface area contributed by atoms with E-state index in [1.165, 1.54) is 17.9 Å². The molecule has 8 heteroatoms. The molecule has 5 nitrogen and oxygen atoms in total. The number of amides is 1. The van der Waals surface area contributed by atoms with Crippen LogP contribution in [0.5, 0.6) is 5.75 Å². The van der Waals surface area contributed by atoms with Crippen LogP contribution < -0.4 is 15.3 Å². The van der Waals surface area contributed by atoms with Crippen molar-refractivity contribution in [2.24, 2.45) is 0 Å². The number of carbonyl (C=O) groups is 1. The van der Waals surface area contributed by atoms with E-state index >= 15 is 0 Å². The summed E-state index contributed by atoms with van der Waals surface area (Å²) in [6, 6.07) is 12.9. The van der Waals surface area contributed by atoms with Crippen molar-refractivity contribution >= 4 is 22.6 Å². The van der Waals surface area contributed by atoms with Crippen LogP contribution in [0.15, 0.2) is 63.8 Å². The second-order valence-corrected chi connectivity index (χ2v) is 6.13. The van der Waals surface area contributed by atoms with Gasteiger partial charge in [-0.25, -0.2) is 4.79 Å². The predicted molar refractivity (Wildman–Crippen MR) is 97.4 cm³/mol. The lowest BCUT2D eigenvalue weighted by molar-refractivity contribution is -0.136. The van der Waals surface area contributed by atoms with Crippen LogP contribution in [0.4, 0.5) is 18.9 Å². The van der Waals surface area contributed by atoms with Crippen molar-refractivity contribution in [3.63, 3.8) is 0 Å².